The Hall–Kier alpha value is -3.04. The molecule has 1 aliphatic heterocycles. The van der Waals surface area contributed by atoms with Gasteiger partial charge in [0.15, 0.2) is 0 Å². The summed E-state index contributed by atoms with van der Waals surface area (Å²) in [6.07, 6.45) is 2.22. The Morgan fingerprint density at radius 1 is 1.23 bits per heavy atom. The molecular formula is C26H28ClN3O5. The van der Waals surface area contributed by atoms with E-state index >= 15 is 0 Å². The number of anilines is 1. The lowest BCUT2D eigenvalue weighted by atomic mass is 9.92. The first-order chi connectivity index (χ1) is 16.9. The minimum Gasteiger partial charge on any atom is -0.475 e. The van der Waals surface area contributed by atoms with Gasteiger partial charge in [-0.1, -0.05) is 17.7 Å². The molecule has 2 aromatic heterocycles. The molecule has 1 amide bonds. The molecule has 0 saturated carbocycles. The van der Waals surface area contributed by atoms with Crippen LogP contribution in [0, 0.1) is 6.92 Å². The lowest BCUT2D eigenvalue weighted by molar-refractivity contribution is 0.0518. The van der Waals surface area contributed by atoms with Crippen molar-refractivity contribution in [3.05, 3.63) is 70.6 Å². The number of aryl methyl sites for hydroxylation is 1. The zero-order valence-corrected chi connectivity index (χ0v) is 20.2. The molecule has 1 saturated heterocycles. The van der Waals surface area contributed by atoms with Crippen molar-refractivity contribution in [3.8, 4) is 17.0 Å². The van der Waals surface area contributed by atoms with Gasteiger partial charge in [0.2, 0.25) is 5.88 Å². The maximum absolute atomic E-state index is 12.7. The van der Waals surface area contributed by atoms with Gasteiger partial charge in [-0.15, -0.1) is 0 Å². The van der Waals surface area contributed by atoms with E-state index in [4.69, 9.17) is 26.2 Å². The number of hydrogen-bond donors (Lipinski definition) is 3. The van der Waals surface area contributed by atoms with Crippen LogP contribution in [0.15, 0.2) is 48.7 Å². The number of carbonyl (C=O) groups is 1. The van der Waals surface area contributed by atoms with E-state index in [2.05, 4.69) is 15.3 Å². The fourth-order valence-corrected chi connectivity index (χ4v) is 4.12. The summed E-state index contributed by atoms with van der Waals surface area (Å²) >= 11 is 5.92. The predicted molar refractivity (Wildman–Crippen MR) is 133 cm³/mol. The Morgan fingerprint density at radius 3 is 2.77 bits per heavy atom. The molecule has 0 aliphatic carbocycles. The Balaban J connectivity index is 1.65. The topological polar surface area (TPSA) is 114 Å². The zero-order valence-electron chi connectivity index (χ0n) is 19.4. The van der Waals surface area contributed by atoms with Gasteiger partial charge in [0, 0.05) is 48.3 Å². The van der Waals surface area contributed by atoms with E-state index < -0.39 is 12.7 Å². The normalized spacial score (nSPS) is 15.0. The summed E-state index contributed by atoms with van der Waals surface area (Å²) in [6.45, 7) is 2.89. The van der Waals surface area contributed by atoms with Crippen LogP contribution in [0.3, 0.4) is 0 Å². The number of halogens is 1. The third-order valence-corrected chi connectivity index (χ3v) is 6.10. The van der Waals surface area contributed by atoms with Crippen LogP contribution in [-0.4, -0.2) is 58.6 Å². The van der Waals surface area contributed by atoms with Crippen LogP contribution in [0.2, 0.25) is 5.15 Å². The highest BCUT2D eigenvalue weighted by molar-refractivity contribution is 6.29. The molecule has 9 heteroatoms. The number of pyridine rings is 2. The van der Waals surface area contributed by atoms with Crippen molar-refractivity contribution in [2.45, 2.75) is 31.8 Å². The number of rotatable bonds is 8. The van der Waals surface area contributed by atoms with Crippen molar-refractivity contribution < 1.29 is 24.5 Å². The molecule has 1 fully saturated rings. The minimum absolute atomic E-state index is 0.0657. The van der Waals surface area contributed by atoms with Crippen LogP contribution >= 0.6 is 11.6 Å². The quantitative estimate of drug-likeness (QED) is 0.403. The van der Waals surface area contributed by atoms with Crippen molar-refractivity contribution in [2.75, 3.05) is 31.7 Å². The number of hydrogen-bond acceptors (Lipinski definition) is 7. The highest BCUT2D eigenvalue weighted by atomic mass is 35.5. The zero-order chi connectivity index (χ0) is 24.8. The number of nitrogens with zero attached hydrogens (tertiary/aromatic N) is 2. The summed E-state index contributed by atoms with van der Waals surface area (Å²) in [5.41, 5.74) is 4.75. The van der Waals surface area contributed by atoms with Crippen molar-refractivity contribution in [1.82, 2.24) is 9.97 Å². The first kappa shape index (κ1) is 25.1. The third-order valence-electron chi connectivity index (χ3n) is 5.89. The molecule has 3 heterocycles. The van der Waals surface area contributed by atoms with Gasteiger partial charge in [0.1, 0.15) is 17.9 Å². The smallest absolute Gasteiger partial charge is 0.255 e. The standard InChI is InChI=1S/C26H28ClN3O5/c1-16-2-3-20(29-26(33)18-4-7-28-24(27)11-18)13-22(16)19-10-23(17-5-8-34-9-6-17)30-25(12-19)35-15-21(32)14-31/h2-4,7,10-13,17,21,31-32H,5-6,8-9,14-15H2,1H3,(H,29,33). The molecule has 4 rings (SSSR count). The molecule has 0 spiro atoms. The van der Waals surface area contributed by atoms with Gasteiger partial charge in [0.25, 0.3) is 5.91 Å². The first-order valence-electron chi connectivity index (χ1n) is 11.5. The van der Waals surface area contributed by atoms with Crippen LogP contribution in [0.4, 0.5) is 5.69 Å². The molecule has 0 radical (unpaired) electrons. The lowest BCUT2D eigenvalue weighted by Gasteiger charge is -2.23. The van der Waals surface area contributed by atoms with Gasteiger partial charge in [-0.2, -0.15) is 0 Å². The second kappa shape index (κ2) is 11.6. The van der Waals surface area contributed by atoms with E-state index in [0.717, 1.165) is 35.2 Å². The number of aromatic nitrogens is 2. The average molecular weight is 498 g/mol. The summed E-state index contributed by atoms with van der Waals surface area (Å²) in [7, 11) is 0. The Labute approximate surface area is 208 Å². The minimum atomic E-state index is -0.992. The predicted octanol–water partition coefficient (Wildman–Crippen LogP) is 3.98. The Morgan fingerprint density at radius 2 is 2.03 bits per heavy atom. The number of nitrogens with one attached hydrogen (secondary N) is 1. The Kier molecular flexibility index (Phi) is 8.30. The monoisotopic (exact) mass is 497 g/mol. The number of benzene rings is 1. The highest BCUT2D eigenvalue weighted by Crippen LogP contribution is 2.34. The van der Waals surface area contributed by atoms with Crippen LogP contribution in [0.5, 0.6) is 5.88 Å². The van der Waals surface area contributed by atoms with Crippen LogP contribution in [0.25, 0.3) is 11.1 Å². The number of carbonyl (C=O) groups excluding carboxylic acids is 1. The maximum atomic E-state index is 12.7. The van der Waals surface area contributed by atoms with E-state index in [1.807, 2.05) is 37.3 Å². The van der Waals surface area contributed by atoms with Gasteiger partial charge >= 0.3 is 0 Å². The molecule has 0 bridgehead atoms. The van der Waals surface area contributed by atoms with Gasteiger partial charge < -0.3 is 25.0 Å². The van der Waals surface area contributed by atoms with Gasteiger partial charge in [-0.3, -0.25) is 4.79 Å². The summed E-state index contributed by atoms with van der Waals surface area (Å²) in [6, 6.07) is 12.7. The molecule has 3 N–H and O–H groups in total. The van der Waals surface area contributed by atoms with E-state index in [0.29, 0.717) is 30.3 Å². The summed E-state index contributed by atoms with van der Waals surface area (Å²) in [4.78, 5) is 21.3. The number of aliphatic hydroxyl groups is 2. The second-order valence-electron chi connectivity index (χ2n) is 8.50. The summed E-state index contributed by atoms with van der Waals surface area (Å²) < 4.78 is 11.2. The van der Waals surface area contributed by atoms with Gasteiger partial charge in [-0.25, -0.2) is 9.97 Å². The number of aliphatic hydroxyl groups excluding tert-OH is 2. The van der Waals surface area contributed by atoms with Crippen LogP contribution in [-0.2, 0) is 4.74 Å². The fourth-order valence-electron chi connectivity index (χ4n) is 3.95. The van der Waals surface area contributed by atoms with Crippen molar-refractivity contribution in [1.29, 1.82) is 0 Å². The van der Waals surface area contributed by atoms with Crippen LogP contribution in [0.1, 0.15) is 40.4 Å². The van der Waals surface area contributed by atoms with Gasteiger partial charge in [-0.05, 0) is 66.8 Å². The largest absolute Gasteiger partial charge is 0.475 e. The number of amides is 1. The maximum Gasteiger partial charge on any atom is 0.255 e. The average Bonchev–Trinajstić information content (AvgIpc) is 2.88. The van der Waals surface area contributed by atoms with Gasteiger partial charge in [0.05, 0.1) is 6.61 Å². The lowest BCUT2D eigenvalue weighted by Crippen LogP contribution is -2.22. The molecule has 1 aliphatic rings. The molecule has 35 heavy (non-hydrogen) atoms. The summed E-state index contributed by atoms with van der Waals surface area (Å²) in [5.74, 6) is 0.314. The van der Waals surface area contributed by atoms with E-state index in [1.54, 1.807) is 6.07 Å². The number of ether oxygens (including phenoxy) is 2. The van der Waals surface area contributed by atoms with Crippen molar-refractivity contribution in [2.24, 2.45) is 0 Å². The fraction of sp³-hybridized carbons (Fsp3) is 0.346. The van der Waals surface area contributed by atoms with Crippen molar-refractivity contribution >= 4 is 23.2 Å². The molecule has 3 aromatic rings. The molecule has 1 atom stereocenters. The second-order valence-corrected chi connectivity index (χ2v) is 8.89. The molecule has 1 aromatic carbocycles. The molecule has 8 nitrogen and oxygen atoms in total. The highest BCUT2D eigenvalue weighted by Gasteiger charge is 2.20. The Bertz CT molecular complexity index is 1180. The molecular weight excluding hydrogens is 470 g/mol. The van der Waals surface area contributed by atoms with E-state index in [-0.39, 0.29) is 23.6 Å². The summed E-state index contributed by atoms with van der Waals surface area (Å²) in [5, 5.41) is 22.0. The third kappa shape index (κ3) is 6.55. The van der Waals surface area contributed by atoms with Crippen LogP contribution < -0.4 is 10.1 Å². The first-order valence-corrected chi connectivity index (χ1v) is 11.9. The van der Waals surface area contributed by atoms with E-state index in [1.165, 1.54) is 12.3 Å². The van der Waals surface area contributed by atoms with E-state index in [9.17, 15) is 9.90 Å². The molecule has 184 valence electrons. The molecule has 1 unspecified atom stereocenters. The SMILES string of the molecule is Cc1ccc(NC(=O)c2ccnc(Cl)c2)cc1-c1cc(OCC(O)CO)nc(C2CCOCC2)c1. The van der Waals surface area contributed by atoms with Crippen molar-refractivity contribution in [3.63, 3.8) is 0 Å².